The quantitative estimate of drug-likeness (QED) is 0.653. The Kier molecular flexibility index (Phi) is 6.84. The zero-order chi connectivity index (χ0) is 14.3. The molecule has 19 heavy (non-hydrogen) atoms. The smallest absolute Gasteiger partial charge is 0.306 e. The molecule has 110 valence electrons. The van der Waals surface area contributed by atoms with Crippen LogP contribution in [0.5, 0.6) is 0 Å². The van der Waals surface area contributed by atoms with Gasteiger partial charge in [0.15, 0.2) is 0 Å². The Hall–Kier alpha value is -1.10. The first kappa shape index (κ1) is 16.0. The third kappa shape index (κ3) is 5.19. The number of nitrogens with one attached hydrogen (secondary N) is 1. The zero-order valence-electron chi connectivity index (χ0n) is 12.0. The molecule has 0 aromatic rings. The number of nitrogens with zero attached hydrogens (tertiary/aromatic N) is 1. The van der Waals surface area contributed by atoms with Gasteiger partial charge in [0.05, 0.1) is 5.92 Å². The van der Waals surface area contributed by atoms with Crippen LogP contribution in [0.1, 0.15) is 39.5 Å². The van der Waals surface area contributed by atoms with Gasteiger partial charge in [0.2, 0.25) is 5.91 Å². The van der Waals surface area contributed by atoms with Gasteiger partial charge in [-0.15, -0.1) is 0 Å². The molecule has 1 aliphatic rings. The van der Waals surface area contributed by atoms with Crippen molar-refractivity contribution >= 4 is 11.9 Å². The topological polar surface area (TPSA) is 69.6 Å². The summed E-state index contributed by atoms with van der Waals surface area (Å²) in [6, 6.07) is 0. The molecule has 5 heteroatoms. The summed E-state index contributed by atoms with van der Waals surface area (Å²) in [5.74, 6) is -1.17. The average molecular weight is 270 g/mol. The van der Waals surface area contributed by atoms with Crippen LogP contribution in [0.3, 0.4) is 0 Å². The van der Waals surface area contributed by atoms with Gasteiger partial charge in [-0.3, -0.25) is 9.59 Å². The maximum atomic E-state index is 11.9. The highest BCUT2D eigenvalue weighted by atomic mass is 16.4. The van der Waals surface area contributed by atoms with Gasteiger partial charge in [-0.25, -0.2) is 0 Å². The van der Waals surface area contributed by atoms with E-state index in [4.69, 9.17) is 5.11 Å². The van der Waals surface area contributed by atoms with E-state index in [1.165, 1.54) is 0 Å². The fraction of sp³-hybridized carbons (Fsp3) is 0.857. The van der Waals surface area contributed by atoms with Gasteiger partial charge in [0.25, 0.3) is 0 Å². The van der Waals surface area contributed by atoms with Crippen LogP contribution in [0.4, 0.5) is 0 Å². The van der Waals surface area contributed by atoms with Crippen molar-refractivity contribution in [3.8, 4) is 0 Å². The second-order valence-corrected chi connectivity index (χ2v) is 5.22. The summed E-state index contributed by atoms with van der Waals surface area (Å²) in [7, 11) is 0. The number of aliphatic carboxylic acids is 1. The van der Waals surface area contributed by atoms with Crippen LogP contribution in [0.15, 0.2) is 0 Å². The second kappa shape index (κ2) is 8.15. The minimum absolute atomic E-state index is 0.0308. The minimum atomic E-state index is -0.767. The largest absolute Gasteiger partial charge is 0.481 e. The van der Waals surface area contributed by atoms with Crippen LogP contribution in [-0.2, 0) is 9.59 Å². The monoisotopic (exact) mass is 270 g/mol. The van der Waals surface area contributed by atoms with E-state index in [-0.39, 0.29) is 17.7 Å². The van der Waals surface area contributed by atoms with Gasteiger partial charge >= 0.3 is 5.97 Å². The molecule has 0 saturated heterocycles. The highest BCUT2D eigenvalue weighted by Crippen LogP contribution is 2.30. The predicted octanol–water partition coefficient (Wildman–Crippen LogP) is 1.34. The summed E-state index contributed by atoms with van der Waals surface area (Å²) in [4.78, 5) is 25.0. The fourth-order valence-electron chi connectivity index (χ4n) is 2.64. The lowest BCUT2D eigenvalue weighted by Gasteiger charge is -2.18. The van der Waals surface area contributed by atoms with Crippen molar-refractivity contribution in [2.45, 2.75) is 39.5 Å². The molecule has 5 nitrogen and oxygen atoms in total. The SMILES string of the molecule is CCN(CC)CCCNC(=O)[C@@H]1CC[C@H](C(=O)O)C1. The first-order valence-corrected chi connectivity index (χ1v) is 7.31. The number of hydrogen-bond donors (Lipinski definition) is 2. The van der Waals surface area contributed by atoms with Crippen molar-refractivity contribution < 1.29 is 14.7 Å². The fourth-order valence-corrected chi connectivity index (χ4v) is 2.64. The highest BCUT2D eigenvalue weighted by Gasteiger charge is 2.33. The molecular formula is C14H26N2O3. The summed E-state index contributed by atoms with van der Waals surface area (Å²) in [5.41, 5.74) is 0. The highest BCUT2D eigenvalue weighted by molar-refractivity contribution is 5.80. The Balaban J connectivity index is 2.17. The van der Waals surface area contributed by atoms with E-state index in [0.29, 0.717) is 25.8 Å². The van der Waals surface area contributed by atoms with Crippen LogP contribution in [-0.4, -0.2) is 48.1 Å². The van der Waals surface area contributed by atoms with Gasteiger partial charge in [0.1, 0.15) is 0 Å². The molecule has 1 fully saturated rings. The molecule has 0 bridgehead atoms. The summed E-state index contributed by atoms with van der Waals surface area (Å²) in [6.07, 6.45) is 2.78. The third-order valence-corrected chi connectivity index (χ3v) is 4.00. The van der Waals surface area contributed by atoms with Gasteiger partial charge in [-0.05, 0) is 45.3 Å². The summed E-state index contributed by atoms with van der Waals surface area (Å²) in [5, 5.41) is 11.8. The molecule has 0 aliphatic heterocycles. The first-order chi connectivity index (χ1) is 9.08. The first-order valence-electron chi connectivity index (χ1n) is 7.31. The van der Waals surface area contributed by atoms with E-state index >= 15 is 0 Å². The van der Waals surface area contributed by atoms with Crippen molar-refractivity contribution in [1.29, 1.82) is 0 Å². The maximum absolute atomic E-state index is 11.9. The molecule has 0 unspecified atom stereocenters. The number of carboxylic acids is 1. The summed E-state index contributed by atoms with van der Waals surface area (Å²) >= 11 is 0. The number of rotatable bonds is 8. The molecule has 2 atom stereocenters. The van der Waals surface area contributed by atoms with Crippen LogP contribution in [0.25, 0.3) is 0 Å². The zero-order valence-corrected chi connectivity index (χ0v) is 12.0. The second-order valence-electron chi connectivity index (χ2n) is 5.22. The summed E-state index contributed by atoms with van der Waals surface area (Å²) in [6.45, 7) is 8.01. The molecular weight excluding hydrogens is 244 g/mol. The summed E-state index contributed by atoms with van der Waals surface area (Å²) < 4.78 is 0. The Morgan fingerprint density at radius 2 is 1.84 bits per heavy atom. The molecule has 2 N–H and O–H groups in total. The third-order valence-electron chi connectivity index (χ3n) is 4.00. The van der Waals surface area contributed by atoms with Gasteiger partial charge < -0.3 is 15.3 Å². The Bertz CT molecular complexity index is 303. The van der Waals surface area contributed by atoms with Gasteiger partial charge in [-0.1, -0.05) is 13.8 Å². The van der Waals surface area contributed by atoms with E-state index < -0.39 is 5.97 Å². The standard InChI is InChI=1S/C14H26N2O3/c1-3-16(4-2)9-5-8-15-13(17)11-6-7-12(10-11)14(18)19/h11-12H,3-10H2,1-2H3,(H,15,17)(H,18,19)/t11-,12+/m1/s1. The Morgan fingerprint density at radius 3 is 2.37 bits per heavy atom. The van der Waals surface area contributed by atoms with E-state index in [1.54, 1.807) is 0 Å². The lowest BCUT2D eigenvalue weighted by Crippen LogP contribution is -2.33. The molecule has 0 radical (unpaired) electrons. The number of hydrogen-bond acceptors (Lipinski definition) is 3. The van der Waals surface area contributed by atoms with Crippen molar-refractivity contribution in [3.63, 3.8) is 0 Å². The van der Waals surface area contributed by atoms with Crippen LogP contribution < -0.4 is 5.32 Å². The molecule has 0 spiro atoms. The number of carbonyl (C=O) groups excluding carboxylic acids is 1. The Labute approximate surface area is 115 Å². The predicted molar refractivity (Wildman–Crippen MR) is 73.9 cm³/mol. The number of carboxylic acid groups (broad SMARTS) is 1. The van der Waals surface area contributed by atoms with Gasteiger partial charge in [-0.2, -0.15) is 0 Å². The molecule has 0 aromatic heterocycles. The number of amides is 1. The van der Waals surface area contributed by atoms with E-state index in [1.807, 2.05) is 0 Å². The van der Waals surface area contributed by atoms with E-state index in [0.717, 1.165) is 26.1 Å². The lowest BCUT2D eigenvalue weighted by molar-refractivity contribution is -0.141. The average Bonchev–Trinajstić information content (AvgIpc) is 2.88. The van der Waals surface area contributed by atoms with Crippen LogP contribution in [0, 0.1) is 11.8 Å². The molecule has 1 aliphatic carbocycles. The minimum Gasteiger partial charge on any atom is -0.481 e. The normalized spacial score (nSPS) is 22.7. The Morgan fingerprint density at radius 1 is 1.21 bits per heavy atom. The maximum Gasteiger partial charge on any atom is 0.306 e. The van der Waals surface area contributed by atoms with Crippen molar-refractivity contribution in [3.05, 3.63) is 0 Å². The molecule has 1 amide bonds. The van der Waals surface area contributed by atoms with Crippen molar-refractivity contribution in [1.82, 2.24) is 10.2 Å². The van der Waals surface area contributed by atoms with Crippen LogP contribution >= 0.6 is 0 Å². The lowest BCUT2D eigenvalue weighted by atomic mass is 10.0. The van der Waals surface area contributed by atoms with E-state index in [9.17, 15) is 9.59 Å². The van der Waals surface area contributed by atoms with E-state index in [2.05, 4.69) is 24.1 Å². The number of carbonyl (C=O) groups is 2. The molecule has 1 saturated carbocycles. The van der Waals surface area contributed by atoms with Crippen molar-refractivity contribution in [2.24, 2.45) is 11.8 Å². The van der Waals surface area contributed by atoms with Gasteiger partial charge in [0, 0.05) is 12.5 Å². The molecule has 1 rings (SSSR count). The molecule has 0 heterocycles. The van der Waals surface area contributed by atoms with Crippen molar-refractivity contribution in [2.75, 3.05) is 26.2 Å². The van der Waals surface area contributed by atoms with Crippen LogP contribution in [0.2, 0.25) is 0 Å². The molecule has 0 aromatic carbocycles.